The number of hydrogen-bond acceptors (Lipinski definition) is 8. The minimum absolute atomic E-state index is 0.103. The van der Waals surface area contributed by atoms with Crippen molar-refractivity contribution in [1.82, 2.24) is 0 Å². The lowest BCUT2D eigenvalue weighted by Gasteiger charge is -2.11. The second-order valence-electron chi connectivity index (χ2n) is 6.89. The number of aromatic hydroxyl groups is 1. The van der Waals surface area contributed by atoms with E-state index in [1.165, 1.54) is 24.3 Å². The van der Waals surface area contributed by atoms with E-state index >= 15 is 0 Å². The molecule has 0 aliphatic carbocycles. The van der Waals surface area contributed by atoms with Crippen LogP contribution in [-0.4, -0.2) is 35.1 Å². The van der Waals surface area contributed by atoms with Crippen LogP contribution in [0.25, 0.3) is 0 Å². The highest BCUT2D eigenvalue weighted by Crippen LogP contribution is 2.32. The molecule has 11 nitrogen and oxygen atoms in total. The van der Waals surface area contributed by atoms with Crippen LogP contribution in [-0.2, 0) is 10.1 Å². The Balaban J connectivity index is 1.83. The summed E-state index contributed by atoms with van der Waals surface area (Å²) in [6.07, 6.45) is 0. The molecular weight excluding hydrogens is 452 g/mol. The number of carboxylic acids is 1. The van der Waals surface area contributed by atoms with Crippen molar-refractivity contribution in [3.8, 4) is 5.75 Å². The number of amides is 1. The largest absolute Gasteiger partial charge is 0.505 e. The maximum Gasteiger partial charge on any atom is 0.339 e. The molecule has 0 spiro atoms. The third-order valence-corrected chi connectivity index (χ3v) is 5.31. The minimum atomic E-state index is -4.79. The maximum absolute atomic E-state index is 12.5. The van der Waals surface area contributed by atoms with E-state index in [1.807, 2.05) is 6.92 Å². The number of aromatic carboxylic acids is 1. The highest BCUT2D eigenvalue weighted by molar-refractivity contribution is 7.85. The molecule has 33 heavy (non-hydrogen) atoms. The number of carbonyl (C=O) groups is 2. The first-order valence-corrected chi connectivity index (χ1v) is 10.7. The number of phenols is 1. The molecule has 0 fully saturated rings. The molecule has 0 radical (unpaired) electrons. The monoisotopic (exact) mass is 470 g/mol. The average molecular weight is 470 g/mol. The summed E-state index contributed by atoms with van der Waals surface area (Å²) in [5.74, 6) is -3.29. The Labute approximate surface area is 188 Å². The van der Waals surface area contributed by atoms with Gasteiger partial charge in [-0.25, -0.2) is 4.79 Å². The van der Waals surface area contributed by atoms with Crippen molar-refractivity contribution in [2.45, 2.75) is 11.8 Å². The van der Waals surface area contributed by atoms with Crippen LogP contribution in [0.3, 0.4) is 0 Å². The second kappa shape index (κ2) is 9.06. The van der Waals surface area contributed by atoms with Gasteiger partial charge in [0.25, 0.3) is 16.0 Å². The summed E-state index contributed by atoms with van der Waals surface area (Å²) >= 11 is 0. The molecule has 12 heteroatoms. The van der Waals surface area contributed by atoms with E-state index < -0.39 is 43.9 Å². The van der Waals surface area contributed by atoms with Gasteiger partial charge in [0.05, 0.1) is 22.0 Å². The van der Waals surface area contributed by atoms with Gasteiger partial charge in [-0.3, -0.25) is 9.35 Å². The van der Waals surface area contributed by atoms with E-state index in [4.69, 9.17) is 10.8 Å². The Morgan fingerprint density at radius 3 is 2.24 bits per heavy atom. The number of anilines is 2. The van der Waals surface area contributed by atoms with E-state index in [0.717, 1.165) is 11.6 Å². The first kappa shape index (κ1) is 23.4. The van der Waals surface area contributed by atoms with Gasteiger partial charge in [-0.15, -0.1) is 0 Å². The predicted octanol–water partition coefficient (Wildman–Crippen LogP) is 3.90. The van der Waals surface area contributed by atoms with Crippen LogP contribution in [0.5, 0.6) is 5.75 Å². The third kappa shape index (κ3) is 5.50. The summed E-state index contributed by atoms with van der Waals surface area (Å²) in [5.41, 5.74) is 6.98. The molecule has 3 rings (SSSR count). The number of carboxylic acid groups (broad SMARTS) is 1. The highest BCUT2D eigenvalue weighted by atomic mass is 32.2. The number of nitrogen functional groups attached to an aromatic ring is 1. The van der Waals surface area contributed by atoms with Gasteiger partial charge in [0.15, 0.2) is 5.75 Å². The van der Waals surface area contributed by atoms with E-state index in [-0.39, 0.29) is 5.56 Å². The average Bonchev–Trinajstić information content (AvgIpc) is 2.73. The third-order valence-electron chi connectivity index (χ3n) is 4.48. The van der Waals surface area contributed by atoms with Gasteiger partial charge in [-0.05, 0) is 67.1 Å². The number of rotatable bonds is 6. The van der Waals surface area contributed by atoms with Gasteiger partial charge in [-0.2, -0.15) is 18.6 Å². The normalized spacial score (nSPS) is 11.5. The van der Waals surface area contributed by atoms with Crippen LogP contribution in [0.1, 0.15) is 26.3 Å². The van der Waals surface area contributed by atoms with Gasteiger partial charge >= 0.3 is 5.97 Å². The maximum atomic E-state index is 12.5. The van der Waals surface area contributed by atoms with Gasteiger partial charge in [-0.1, -0.05) is 0 Å². The predicted molar refractivity (Wildman–Crippen MR) is 119 cm³/mol. The van der Waals surface area contributed by atoms with Crippen LogP contribution in [0.4, 0.5) is 22.7 Å². The molecule has 6 N–H and O–H groups in total. The number of nitrogens with one attached hydrogen (secondary N) is 1. The Kier molecular flexibility index (Phi) is 6.42. The molecule has 0 atom stereocenters. The molecule has 1 amide bonds. The van der Waals surface area contributed by atoms with E-state index in [1.54, 1.807) is 18.2 Å². The zero-order chi connectivity index (χ0) is 24.3. The first-order valence-electron chi connectivity index (χ1n) is 9.23. The van der Waals surface area contributed by atoms with E-state index in [0.29, 0.717) is 23.1 Å². The lowest BCUT2D eigenvalue weighted by Crippen LogP contribution is -2.14. The number of aryl methyl sites for hydroxylation is 1. The first-order chi connectivity index (χ1) is 15.5. The fourth-order valence-corrected chi connectivity index (χ4v) is 3.33. The Hall–Kier alpha value is -4.29. The standard InChI is InChI=1S/C21H18N4O7S/c1-11-8-13(22)4-7-17(11)25-24-14-5-2-12(3-6-14)20(27)23-18-10-15(33(30,31)32)9-16(19(18)26)21(28)29/h2-10,26H,22H2,1H3,(H,23,27)(H,28,29)(H,30,31,32). The molecule has 3 aromatic carbocycles. The summed E-state index contributed by atoms with van der Waals surface area (Å²) in [6.45, 7) is 1.83. The molecule has 0 saturated heterocycles. The molecule has 170 valence electrons. The van der Waals surface area contributed by atoms with Crippen molar-refractivity contribution >= 4 is 44.7 Å². The number of nitrogens with zero attached hydrogens (tertiary/aromatic N) is 2. The van der Waals surface area contributed by atoms with Crippen molar-refractivity contribution < 1.29 is 32.8 Å². The molecule has 3 aromatic rings. The van der Waals surface area contributed by atoms with Crippen molar-refractivity contribution in [2.24, 2.45) is 10.2 Å². The zero-order valence-corrected chi connectivity index (χ0v) is 17.9. The SMILES string of the molecule is Cc1cc(N)ccc1N=Nc1ccc(C(=O)Nc2cc(S(=O)(=O)O)cc(C(=O)O)c2O)cc1. The quantitative estimate of drug-likeness (QED) is 0.155. The molecule has 0 aliphatic heterocycles. The van der Waals surface area contributed by atoms with E-state index in [2.05, 4.69) is 15.5 Å². The number of carbonyl (C=O) groups excluding carboxylic acids is 1. The van der Waals surface area contributed by atoms with Crippen LogP contribution in [0.15, 0.2) is 69.7 Å². The molecule has 0 aromatic heterocycles. The fraction of sp³-hybridized carbons (Fsp3) is 0.0476. The van der Waals surface area contributed by atoms with Crippen LogP contribution < -0.4 is 11.1 Å². The van der Waals surface area contributed by atoms with Gasteiger partial charge in [0, 0.05) is 11.3 Å². The smallest absolute Gasteiger partial charge is 0.339 e. The molecule has 0 saturated carbocycles. The lowest BCUT2D eigenvalue weighted by atomic mass is 10.1. The summed E-state index contributed by atoms with van der Waals surface area (Å²) in [6, 6.07) is 12.3. The molecule has 0 unspecified atom stereocenters. The summed E-state index contributed by atoms with van der Waals surface area (Å²) < 4.78 is 32.0. The van der Waals surface area contributed by atoms with Crippen LogP contribution >= 0.6 is 0 Å². The Morgan fingerprint density at radius 1 is 1.00 bits per heavy atom. The summed E-state index contributed by atoms with van der Waals surface area (Å²) in [4.78, 5) is 23.0. The van der Waals surface area contributed by atoms with Gasteiger partial charge in [0.1, 0.15) is 5.56 Å². The number of azo groups is 1. The topological polar surface area (TPSA) is 192 Å². The molecule has 0 bridgehead atoms. The van der Waals surface area contributed by atoms with Crippen LogP contribution in [0, 0.1) is 6.92 Å². The Bertz CT molecular complexity index is 1380. The summed E-state index contributed by atoms with van der Waals surface area (Å²) in [5, 5.41) is 29.7. The van der Waals surface area contributed by atoms with Gasteiger partial charge in [0.2, 0.25) is 0 Å². The molecule has 0 aliphatic rings. The van der Waals surface area contributed by atoms with Crippen LogP contribution in [0.2, 0.25) is 0 Å². The number of nitrogens with two attached hydrogens (primary N) is 1. The number of benzene rings is 3. The van der Waals surface area contributed by atoms with Crippen molar-refractivity contribution in [1.29, 1.82) is 0 Å². The zero-order valence-electron chi connectivity index (χ0n) is 17.1. The lowest BCUT2D eigenvalue weighted by molar-refractivity contribution is 0.0693. The highest BCUT2D eigenvalue weighted by Gasteiger charge is 2.22. The fourth-order valence-electron chi connectivity index (χ4n) is 2.79. The van der Waals surface area contributed by atoms with Gasteiger partial charge < -0.3 is 21.3 Å². The number of hydrogen-bond donors (Lipinski definition) is 5. The van der Waals surface area contributed by atoms with Crippen molar-refractivity contribution in [2.75, 3.05) is 11.1 Å². The van der Waals surface area contributed by atoms with E-state index in [9.17, 15) is 27.7 Å². The Morgan fingerprint density at radius 2 is 1.67 bits per heavy atom. The molecular formula is C21H18N4O7S. The second-order valence-corrected chi connectivity index (χ2v) is 8.32. The van der Waals surface area contributed by atoms with Crippen molar-refractivity contribution in [3.63, 3.8) is 0 Å². The minimum Gasteiger partial charge on any atom is -0.505 e. The summed E-state index contributed by atoms with van der Waals surface area (Å²) in [7, 11) is -4.79. The molecule has 0 heterocycles. The van der Waals surface area contributed by atoms with Crippen molar-refractivity contribution in [3.05, 3.63) is 71.3 Å².